The number of rotatable bonds is 1. The van der Waals surface area contributed by atoms with Crippen molar-refractivity contribution in [3.05, 3.63) is 60.0 Å². The van der Waals surface area contributed by atoms with Gasteiger partial charge in [-0.1, -0.05) is 18.2 Å². The van der Waals surface area contributed by atoms with E-state index >= 15 is 0 Å². The number of fused-ring (bicyclic) bond motifs is 2. The largest absolute Gasteiger partial charge is 0.461 e. The molecule has 0 saturated heterocycles. The van der Waals surface area contributed by atoms with E-state index in [1.54, 1.807) is 0 Å². The normalized spacial score (nSPS) is 11.5. The van der Waals surface area contributed by atoms with Crippen molar-refractivity contribution in [3.8, 4) is 11.3 Å². The van der Waals surface area contributed by atoms with Crippen molar-refractivity contribution in [3.63, 3.8) is 0 Å². The molecule has 0 aliphatic carbocycles. The second-order valence-corrected chi connectivity index (χ2v) is 5.07. The summed E-state index contributed by atoms with van der Waals surface area (Å²) in [6, 6.07) is 16.4. The molecule has 0 amide bonds. The van der Waals surface area contributed by atoms with Gasteiger partial charge in [-0.3, -0.25) is 0 Å². The molecule has 0 N–H and O–H groups in total. The van der Waals surface area contributed by atoms with Gasteiger partial charge < -0.3 is 4.42 Å². The van der Waals surface area contributed by atoms with Crippen molar-refractivity contribution in [1.29, 1.82) is 0 Å². The van der Waals surface area contributed by atoms with E-state index in [1.807, 2.05) is 41.8 Å². The first-order valence-corrected chi connectivity index (χ1v) is 6.68. The molecule has 0 fully saturated rings. The summed E-state index contributed by atoms with van der Waals surface area (Å²) < 4.78 is 7.84. The fourth-order valence-electron chi connectivity index (χ4n) is 2.70. The molecule has 20 heavy (non-hydrogen) atoms. The zero-order valence-electron chi connectivity index (χ0n) is 11.4. The Hall–Kier alpha value is -2.55. The van der Waals surface area contributed by atoms with E-state index in [-0.39, 0.29) is 0 Å². The maximum atomic E-state index is 5.85. The van der Waals surface area contributed by atoms with E-state index in [4.69, 9.17) is 9.52 Å². The predicted molar refractivity (Wildman–Crippen MR) is 79.9 cm³/mol. The lowest BCUT2D eigenvalue weighted by atomic mass is 10.1. The van der Waals surface area contributed by atoms with Crippen molar-refractivity contribution in [2.75, 3.05) is 0 Å². The van der Waals surface area contributed by atoms with Gasteiger partial charge in [0.2, 0.25) is 0 Å². The third-order valence-electron chi connectivity index (χ3n) is 3.67. The lowest BCUT2D eigenvalue weighted by Gasteiger charge is -2.08. The zero-order chi connectivity index (χ0) is 13.7. The van der Waals surface area contributed by atoms with Crippen molar-refractivity contribution in [2.45, 2.75) is 13.8 Å². The molecule has 1 aromatic carbocycles. The van der Waals surface area contributed by atoms with Gasteiger partial charge in [-0.15, -0.1) is 0 Å². The van der Waals surface area contributed by atoms with Crippen molar-refractivity contribution in [2.24, 2.45) is 0 Å². The minimum Gasteiger partial charge on any atom is -0.461 e. The van der Waals surface area contributed by atoms with Gasteiger partial charge in [0.15, 0.2) is 0 Å². The Labute approximate surface area is 116 Å². The Morgan fingerprint density at radius 1 is 0.950 bits per heavy atom. The lowest BCUT2D eigenvalue weighted by molar-refractivity contribution is 0.549. The van der Waals surface area contributed by atoms with E-state index in [2.05, 4.69) is 25.1 Å². The smallest absolute Gasteiger partial charge is 0.137 e. The molecule has 0 radical (unpaired) electrons. The Morgan fingerprint density at radius 3 is 2.60 bits per heavy atom. The molecule has 0 spiro atoms. The van der Waals surface area contributed by atoms with Crippen molar-refractivity contribution in [1.82, 2.24) is 9.61 Å². The van der Waals surface area contributed by atoms with Crippen LogP contribution in [0.2, 0.25) is 0 Å². The minimum atomic E-state index is 0.893. The topological polar surface area (TPSA) is 30.4 Å². The first-order chi connectivity index (χ1) is 9.74. The van der Waals surface area contributed by atoms with Crippen LogP contribution in [0.3, 0.4) is 0 Å². The van der Waals surface area contributed by atoms with E-state index in [9.17, 15) is 0 Å². The monoisotopic (exact) mass is 262 g/mol. The van der Waals surface area contributed by atoms with E-state index in [0.29, 0.717) is 0 Å². The summed E-state index contributed by atoms with van der Waals surface area (Å²) in [5.41, 5.74) is 4.28. The van der Waals surface area contributed by atoms with Crippen LogP contribution in [-0.4, -0.2) is 9.61 Å². The van der Waals surface area contributed by atoms with E-state index < -0.39 is 0 Å². The van der Waals surface area contributed by atoms with Gasteiger partial charge in [0.1, 0.15) is 11.5 Å². The Balaban J connectivity index is 2.23. The first kappa shape index (κ1) is 11.3. The van der Waals surface area contributed by atoms with Gasteiger partial charge in [0.05, 0.1) is 16.6 Å². The quantitative estimate of drug-likeness (QED) is 0.510. The van der Waals surface area contributed by atoms with Crippen LogP contribution in [0, 0.1) is 13.8 Å². The van der Waals surface area contributed by atoms with Crippen LogP contribution < -0.4 is 0 Å². The molecule has 4 aromatic rings. The second-order valence-electron chi connectivity index (χ2n) is 5.07. The molecule has 0 aliphatic rings. The van der Waals surface area contributed by atoms with Crippen LogP contribution in [0.4, 0.5) is 0 Å². The van der Waals surface area contributed by atoms with Gasteiger partial charge in [0, 0.05) is 11.1 Å². The maximum Gasteiger partial charge on any atom is 0.137 e. The van der Waals surface area contributed by atoms with E-state index in [0.717, 1.165) is 39.2 Å². The number of furan rings is 1. The standard InChI is InChI=1S/C17H14N2O/c1-11-7-9-15-17(16-10-8-12(2)20-16)13-5-3-4-6-14(13)18-19(11)15/h3-10H,1-2H3. The Morgan fingerprint density at radius 2 is 1.80 bits per heavy atom. The number of nitrogens with zero attached hydrogens (tertiary/aromatic N) is 2. The SMILES string of the molecule is Cc1ccc(-c2c3ccccc3nn3c(C)ccc23)o1. The summed E-state index contributed by atoms with van der Waals surface area (Å²) in [6.45, 7) is 4.03. The van der Waals surface area contributed by atoms with Crippen LogP contribution in [0.25, 0.3) is 27.7 Å². The van der Waals surface area contributed by atoms with E-state index in [1.165, 1.54) is 0 Å². The molecular weight excluding hydrogens is 248 g/mol. The fraction of sp³-hybridized carbons (Fsp3) is 0.118. The Kier molecular flexibility index (Phi) is 2.24. The molecule has 0 unspecified atom stereocenters. The van der Waals surface area contributed by atoms with Gasteiger partial charge in [-0.05, 0) is 44.2 Å². The highest BCUT2D eigenvalue weighted by molar-refractivity contribution is 6.00. The zero-order valence-corrected chi connectivity index (χ0v) is 11.4. The predicted octanol–water partition coefficient (Wildman–Crippen LogP) is 4.36. The van der Waals surface area contributed by atoms with Gasteiger partial charge in [0.25, 0.3) is 0 Å². The van der Waals surface area contributed by atoms with Gasteiger partial charge in [-0.25, -0.2) is 4.52 Å². The molecule has 3 heteroatoms. The number of aromatic nitrogens is 2. The van der Waals surface area contributed by atoms with Crippen LogP contribution in [0.1, 0.15) is 11.5 Å². The highest BCUT2D eigenvalue weighted by atomic mass is 16.3. The number of hydrogen-bond donors (Lipinski definition) is 0. The molecule has 98 valence electrons. The summed E-state index contributed by atoms with van der Waals surface area (Å²) in [5.74, 6) is 1.81. The molecule has 0 bridgehead atoms. The molecule has 3 aromatic heterocycles. The van der Waals surface area contributed by atoms with Crippen LogP contribution in [0.5, 0.6) is 0 Å². The summed E-state index contributed by atoms with van der Waals surface area (Å²) in [6.07, 6.45) is 0. The minimum absolute atomic E-state index is 0.893. The summed E-state index contributed by atoms with van der Waals surface area (Å²) in [5, 5.41) is 5.82. The molecule has 3 heterocycles. The summed E-state index contributed by atoms with van der Waals surface area (Å²) >= 11 is 0. The second kappa shape index (κ2) is 3.97. The maximum absolute atomic E-state index is 5.85. The lowest BCUT2D eigenvalue weighted by Crippen LogP contribution is -1.97. The first-order valence-electron chi connectivity index (χ1n) is 6.68. The molecule has 0 saturated carbocycles. The number of aryl methyl sites for hydroxylation is 2. The van der Waals surface area contributed by atoms with Gasteiger partial charge >= 0.3 is 0 Å². The number of benzene rings is 1. The Bertz CT molecular complexity index is 931. The molecule has 3 nitrogen and oxygen atoms in total. The average Bonchev–Trinajstić information content (AvgIpc) is 3.04. The third kappa shape index (κ3) is 1.50. The summed E-state index contributed by atoms with van der Waals surface area (Å²) in [4.78, 5) is 0. The van der Waals surface area contributed by atoms with Gasteiger partial charge in [-0.2, -0.15) is 5.10 Å². The number of hydrogen-bond acceptors (Lipinski definition) is 2. The van der Waals surface area contributed by atoms with Crippen LogP contribution in [-0.2, 0) is 0 Å². The van der Waals surface area contributed by atoms with Crippen molar-refractivity contribution >= 4 is 16.4 Å². The van der Waals surface area contributed by atoms with Crippen molar-refractivity contribution < 1.29 is 4.42 Å². The van der Waals surface area contributed by atoms with Crippen LogP contribution in [0.15, 0.2) is 52.9 Å². The summed E-state index contributed by atoms with van der Waals surface area (Å²) in [7, 11) is 0. The molecule has 4 rings (SSSR count). The highest BCUT2D eigenvalue weighted by Gasteiger charge is 2.14. The average molecular weight is 262 g/mol. The molecule has 0 atom stereocenters. The highest BCUT2D eigenvalue weighted by Crippen LogP contribution is 2.33. The third-order valence-corrected chi connectivity index (χ3v) is 3.67. The van der Waals surface area contributed by atoms with Crippen LogP contribution >= 0.6 is 0 Å². The molecule has 0 aliphatic heterocycles. The molecular formula is C17H14N2O. The fourth-order valence-corrected chi connectivity index (χ4v) is 2.70.